The second-order valence-corrected chi connectivity index (χ2v) is 10.0. The third-order valence-corrected chi connectivity index (χ3v) is 7.93. The Morgan fingerprint density at radius 2 is 1.43 bits per heavy atom. The lowest BCUT2D eigenvalue weighted by Crippen LogP contribution is -2.18. The van der Waals surface area contributed by atoms with Crippen molar-refractivity contribution in [3.05, 3.63) is 96.2 Å². The summed E-state index contributed by atoms with van der Waals surface area (Å²) in [6.07, 6.45) is 0. The molecule has 0 saturated carbocycles. The Labute approximate surface area is 177 Å². The number of carbonyl (C=O) groups excluding carboxylic acids is 1. The highest BCUT2D eigenvalue weighted by Crippen LogP contribution is 2.32. The van der Waals surface area contributed by atoms with Crippen molar-refractivity contribution >= 4 is 37.5 Å². The van der Waals surface area contributed by atoms with E-state index in [0.29, 0.717) is 15.8 Å². The van der Waals surface area contributed by atoms with E-state index in [1.54, 1.807) is 66.7 Å². The van der Waals surface area contributed by atoms with Crippen LogP contribution in [0.2, 0.25) is 0 Å². The first kappa shape index (κ1) is 20.3. The number of benzene rings is 3. The first-order valence-corrected chi connectivity index (χ1v) is 12.0. The van der Waals surface area contributed by atoms with Gasteiger partial charge in [0.2, 0.25) is 0 Å². The Morgan fingerprint density at radius 3 is 2.07 bits per heavy atom. The van der Waals surface area contributed by atoms with Gasteiger partial charge in [0.25, 0.3) is 10.0 Å². The Kier molecular flexibility index (Phi) is 5.40. The van der Waals surface area contributed by atoms with Gasteiger partial charge in [-0.25, -0.2) is 12.4 Å². The van der Waals surface area contributed by atoms with Crippen LogP contribution in [0.5, 0.6) is 0 Å². The SMILES string of the molecule is CC(=O)c1c(C[S@](=O)c2ccccc2)n(S(=O)(=O)c2ccccc2)c2ccccc12. The molecule has 0 aliphatic rings. The quantitative estimate of drug-likeness (QED) is 0.420. The second kappa shape index (κ2) is 8.01. The number of Topliss-reactive ketones (excluding diaryl/α,β-unsaturated/α-hetero) is 1. The summed E-state index contributed by atoms with van der Waals surface area (Å²) in [4.78, 5) is 13.2. The number of fused-ring (bicyclic) bond motifs is 1. The number of ketones is 1. The molecule has 1 heterocycles. The van der Waals surface area contributed by atoms with Gasteiger partial charge < -0.3 is 0 Å². The largest absolute Gasteiger partial charge is 0.294 e. The topological polar surface area (TPSA) is 73.2 Å². The predicted molar refractivity (Wildman–Crippen MR) is 118 cm³/mol. The van der Waals surface area contributed by atoms with Crippen molar-refractivity contribution in [2.75, 3.05) is 0 Å². The molecular weight excluding hydrogens is 418 g/mol. The van der Waals surface area contributed by atoms with Crippen LogP contribution in [-0.4, -0.2) is 22.4 Å². The van der Waals surface area contributed by atoms with Crippen molar-refractivity contribution in [3.8, 4) is 0 Å². The number of nitrogens with zero attached hydrogens (tertiary/aromatic N) is 1. The highest BCUT2D eigenvalue weighted by Gasteiger charge is 2.29. The molecule has 1 atom stereocenters. The van der Waals surface area contributed by atoms with Crippen molar-refractivity contribution in [1.29, 1.82) is 0 Å². The third kappa shape index (κ3) is 3.51. The molecule has 30 heavy (non-hydrogen) atoms. The minimum Gasteiger partial charge on any atom is -0.294 e. The van der Waals surface area contributed by atoms with E-state index in [4.69, 9.17) is 0 Å². The van der Waals surface area contributed by atoms with Crippen molar-refractivity contribution in [3.63, 3.8) is 0 Å². The molecule has 0 saturated heterocycles. The standard InChI is InChI=1S/C23H19NO4S2/c1-17(25)23-20-14-8-9-15-21(20)24(30(27,28)19-12-6-3-7-13-19)22(23)16-29(26)18-10-4-2-5-11-18/h2-15H,16H2,1H3/t29-/m0/s1. The summed E-state index contributed by atoms with van der Waals surface area (Å²) < 4.78 is 41.4. The molecule has 0 N–H and O–H groups in total. The summed E-state index contributed by atoms with van der Waals surface area (Å²) in [5.74, 6) is -0.368. The summed E-state index contributed by atoms with van der Waals surface area (Å²) in [6, 6.07) is 23.7. The highest BCUT2D eigenvalue weighted by molar-refractivity contribution is 7.90. The Bertz CT molecular complexity index is 1360. The van der Waals surface area contributed by atoms with Crippen LogP contribution in [0.3, 0.4) is 0 Å². The highest BCUT2D eigenvalue weighted by atomic mass is 32.2. The van der Waals surface area contributed by atoms with Crippen LogP contribution in [0, 0.1) is 0 Å². The molecular formula is C23H19NO4S2. The lowest BCUT2D eigenvalue weighted by atomic mass is 10.1. The maximum atomic E-state index is 13.6. The van der Waals surface area contributed by atoms with E-state index >= 15 is 0 Å². The zero-order valence-electron chi connectivity index (χ0n) is 16.2. The van der Waals surface area contributed by atoms with E-state index in [2.05, 4.69) is 0 Å². The molecule has 3 aromatic carbocycles. The molecule has 0 aliphatic carbocycles. The minimum absolute atomic E-state index is 0.0975. The summed E-state index contributed by atoms with van der Waals surface area (Å²) in [5, 5.41) is 0.532. The maximum absolute atomic E-state index is 13.6. The Hall–Kier alpha value is -3.03. The zero-order chi connectivity index (χ0) is 21.3. The van der Waals surface area contributed by atoms with E-state index in [9.17, 15) is 17.4 Å². The molecule has 1 aromatic heterocycles. The molecule has 4 aromatic rings. The smallest absolute Gasteiger partial charge is 0.268 e. The molecule has 152 valence electrons. The molecule has 0 spiro atoms. The van der Waals surface area contributed by atoms with E-state index in [0.717, 1.165) is 0 Å². The Morgan fingerprint density at radius 1 is 0.867 bits per heavy atom. The van der Waals surface area contributed by atoms with Gasteiger partial charge in [-0.3, -0.25) is 9.00 Å². The minimum atomic E-state index is -4.01. The molecule has 5 nitrogen and oxygen atoms in total. The van der Waals surface area contributed by atoms with E-state index in [-0.39, 0.29) is 27.7 Å². The number of aromatic nitrogens is 1. The van der Waals surface area contributed by atoms with Crippen molar-refractivity contribution in [2.24, 2.45) is 0 Å². The average molecular weight is 438 g/mol. The monoisotopic (exact) mass is 437 g/mol. The molecule has 0 unspecified atom stereocenters. The van der Waals surface area contributed by atoms with Gasteiger partial charge in [-0.15, -0.1) is 0 Å². The van der Waals surface area contributed by atoms with Crippen LogP contribution < -0.4 is 0 Å². The van der Waals surface area contributed by atoms with E-state index in [1.165, 1.54) is 23.0 Å². The number of carbonyl (C=O) groups is 1. The van der Waals surface area contributed by atoms with Crippen LogP contribution in [0.1, 0.15) is 23.0 Å². The van der Waals surface area contributed by atoms with Gasteiger partial charge in [0.15, 0.2) is 5.78 Å². The summed E-state index contributed by atoms with van der Waals surface area (Å²) in [5.41, 5.74) is 0.913. The molecule has 4 rings (SSSR count). The molecule has 0 bridgehead atoms. The van der Waals surface area contributed by atoms with Gasteiger partial charge in [-0.1, -0.05) is 54.6 Å². The van der Waals surface area contributed by atoms with Crippen LogP contribution in [-0.2, 0) is 26.6 Å². The number of para-hydroxylation sites is 1. The molecule has 0 aliphatic heterocycles. The van der Waals surface area contributed by atoms with Gasteiger partial charge in [0, 0.05) is 15.8 Å². The van der Waals surface area contributed by atoms with Crippen LogP contribution in [0.25, 0.3) is 10.9 Å². The van der Waals surface area contributed by atoms with E-state index in [1.807, 2.05) is 6.07 Å². The molecule has 0 fully saturated rings. The van der Waals surface area contributed by atoms with Crippen molar-refractivity contribution in [1.82, 2.24) is 3.97 Å². The first-order valence-electron chi connectivity index (χ1n) is 9.28. The first-order chi connectivity index (χ1) is 14.4. The maximum Gasteiger partial charge on any atom is 0.268 e. The lowest BCUT2D eigenvalue weighted by molar-refractivity contribution is 0.101. The fraction of sp³-hybridized carbons (Fsp3) is 0.0870. The van der Waals surface area contributed by atoms with Gasteiger partial charge in [0.1, 0.15) is 0 Å². The van der Waals surface area contributed by atoms with Gasteiger partial charge >= 0.3 is 0 Å². The second-order valence-electron chi connectivity index (χ2n) is 6.78. The Balaban J connectivity index is 2.01. The number of rotatable bonds is 6. The molecule has 0 radical (unpaired) electrons. The summed E-state index contributed by atoms with van der Waals surface area (Å²) in [7, 11) is -5.53. The summed E-state index contributed by atoms with van der Waals surface area (Å²) in [6.45, 7) is 1.40. The number of hydrogen-bond acceptors (Lipinski definition) is 4. The van der Waals surface area contributed by atoms with Crippen molar-refractivity contribution < 1.29 is 17.4 Å². The predicted octanol–water partition coefficient (Wildman–Crippen LogP) is 4.39. The third-order valence-electron chi connectivity index (χ3n) is 4.83. The fourth-order valence-electron chi connectivity index (χ4n) is 3.54. The van der Waals surface area contributed by atoms with Crippen LogP contribution in [0.4, 0.5) is 0 Å². The molecule has 7 heteroatoms. The normalized spacial score (nSPS) is 12.7. The average Bonchev–Trinajstić information content (AvgIpc) is 3.09. The fourth-order valence-corrected chi connectivity index (χ4v) is 6.35. The zero-order valence-corrected chi connectivity index (χ0v) is 17.8. The van der Waals surface area contributed by atoms with E-state index < -0.39 is 20.8 Å². The lowest BCUT2D eigenvalue weighted by Gasteiger charge is -2.13. The van der Waals surface area contributed by atoms with Gasteiger partial charge in [-0.2, -0.15) is 0 Å². The number of hydrogen-bond donors (Lipinski definition) is 0. The molecule has 0 amide bonds. The van der Waals surface area contributed by atoms with Gasteiger partial charge in [0.05, 0.1) is 32.7 Å². The van der Waals surface area contributed by atoms with Gasteiger partial charge in [-0.05, 0) is 37.3 Å². The van der Waals surface area contributed by atoms with Crippen LogP contribution >= 0.6 is 0 Å². The van der Waals surface area contributed by atoms with Crippen molar-refractivity contribution in [2.45, 2.75) is 22.5 Å². The van der Waals surface area contributed by atoms with Crippen LogP contribution in [0.15, 0.2) is 94.7 Å². The summed E-state index contributed by atoms with van der Waals surface area (Å²) >= 11 is 0.